The summed E-state index contributed by atoms with van der Waals surface area (Å²) in [5, 5.41) is 27.3. The third kappa shape index (κ3) is 22.6. The van der Waals surface area contributed by atoms with Crippen molar-refractivity contribution >= 4 is 47.1 Å². The first kappa shape index (κ1) is 37.1. The number of carbonyl (C=O) groups excluding carboxylic acids is 2. The molecule has 0 heterocycles. The van der Waals surface area contributed by atoms with Crippen molar-refractivity contribution < 1.29 is 41.3 Å². The van der Waals surface area contributed by atoms with Crippen molar-refractivity contribution in [1.82, 2.24) is 0 Å². The molecule has 1 unspecified atom stereocenters. The van der Waals surface area contributed by atoms with Crippen LogP contribution in [0.1, 0.15) is 6.42 Å². The number of aliphatic hydroxyl groups is 1. The van der Waals surface area contributed by atoms with Crippen LogP contribution in [0.3, 0.4) is 0 Å². The largest absolute Gasteiger partial charge is 4.00 e. The van der Waals surface area contributed by atoms with Crippen molar-refractivity contribution in [3.63, 3.8) is 0 Å². The van der Waals surface area contributed by atoms with E-state index < -0.39 is 24.5 Å². The maximum Gasteiger partial charge on any atom is 4.00 e. The third-order valence-corrected chi connectivity index (χ3v) is 0.632. The molecule has 0 saturated carbocycles. The quantitative estimate of drug-likeness (QED) is 0.508. The molecule has 0 fully saturated rings. The van der Waals surface area contributed by atoms with Gasteiger partial charge in [-0.2, -0.15) is 0 Å². The number of hydrogen-bond acceptors (Lipinski definition) is 5. The number of carbonyl (C=O) groups is 2. The van der Waals surface area contributed by atoms with Crippen molar-refractivity contribution in [2.24, 2.45) is 0 Å². The van der Waals surface area contributed by atoms with Crippen LogP contribution in [0.5, 0.6) is 0 Å². The van der Waals surface area contributed by atoms with Crippen molar-refractivity contribution in [3.8, 4) is 0 Å². The minimum atomic E-state index is -1.96. The van der Waals surface area contributed by atoms with Crippen molar-refractivity contribution in [3.05, 3.63) is 0 Å². The van der Waals surface area contributed by atoms with Gasteiger partial charge in [0.1, 0.15) is 0 Å². The Morgan fingerprint density at radius 1 is 1.07 bits per heavy atom. The van der Waals surface area contributed by atoms with Gasteiger partial charge in [0.05, 0.1) is 12.1 Å². The maximum absolute atomic E-state index is 9.58. The van der Waals surface area contributed by atoms with Crippen LogP contribution < -0.4 is 10.2 Å². The molecule has 0 aromatic rings. The summed E-state index contributed by atoms with van der Waals surface area (Å²) in [7, 11) is 0. The second-order valence-corrected chi connectivity index (χ2v) is 1.41. The van der Waals surface area contributed by atoms with Crippen LogP contribution in [0.15, 0.2) is 0 Å². The Morgan fingerprint density at radius 2 is 1.36 bits per heavy atom. The predicted octanol–water partition coefficient (Wildman–Crippen LogP) is -4.88. The van der Waals surface area contributed by atoms with E-state index in [4.69, 9.17) is 5.11 Å². The Kier molecular flexibility index (Phi) is 49.3. The van der Waals surface area contributed by atoms with Crippen molar-refractivity contribution in [2.45, 2.75) is 12.5 Å². The monoisotopic (exact) mass is 328 g/mol. The molecule has 0 aliphatic heterocycles. The van der Waals surface area contributed by atoms with E-state index in [9.17, 15) is 19.8 Å². The molecule has 0 aromatic carbocycles. The van der Waals surface area contributed by atoms with Gasteiger partial charge < -0.3 is 41.3 Å². The van der Waals surface area contributed by atoms with E-state index in [-0.39, 0.29) is 51.6 Å². The Morgan fingerprint density at radius 3 is 1.43 bits per heavy atom. The van der Waals surface area contributed by atoms with Gasteiger partial charge in [0, 0.05) is 12.4 Å². The van der Waals surface area contributed by atoms with Gasteiger partial charge >= 0.3 is 35.2 Å². The molecular formula is C4H4Ge2O8. The molecule has 8 nitrogen and oxygen atoms in total. The van der Waals surface area contributed by atoms with Gasteiger partial charge in [-0.15, -0.1) is 0 Å². The molecule has 0 spiro atoms. The van der Waals surface area contributed by atoms with E-state index in [0.29, 0.717) is 0 Å². The zero-order chi connectivity index (χ0) is 7.44. The van der Waals surface area contributed by atoms with Gasteiger partial charge in [-0.1, -0.05) is 0 Å². The number of carboxylic acid groups (broad SMARTS) is 2. The first-order chi connectivity index (χ1) is 4.04. The molecule has 0 saturated heterocycles. The Labute approximate surface area is 101 Å². The molecule has 0 aliphatic carbocycles. The summed E-state index contributed by atoms with van der Waals surface area (Å²) in [4.78, 5) is 19.1. The van der Waals surface area contributed by atoms with Gasteiger partial charge in [-0.3, -0.25) is 0 Å². The molecule has 0 bridgehead atoms. The SMILES string of the molecule is O=C([O-])CC(O)C(=O)[O-].[Ge+4].[Ge+4].[O-2].[O-2].[O-2]. The Bertz CT molecular complexity index is 139. The second-order valence-electron chi connectivity index (χ2n) is 1.41. The molecule has 76 valence electrons. The number of rotatable bonds is 3. The Hall–Kier alpha value is -0.134. The predicted molar refractivity (Wildman–Crippen MR) is 34.2 cm³/mol. The number of carboxylic acids is 2. The molecular weight excluding hydrogens is 321 g/mol. The number of aliphatic hydroxyl groups excluding tert-OH is 1. The third-order valence-electron chi connectivity index (χ3n) is 0.632. The summed E-state index contributed by atoms with van der Waals surface area (Å²) in [6.45, 7) is 0. The van der Waals surface area contributed by atoms with Crippen LogP contribution in [0.4, 0.5) is 0 Å². The van der Waals surface area contributed by atoms with E-state index in [0.717, 1.165) is 0 Å². The van der Waals surface area contributed by atoms with E-state index in [1.165, 1.54) is 0 Å². The van der Waals surface area contributed by atoms with Gasteiger partial charge in [-0.25, -0.2) is 0 Å². The van der Waals surface area contributed by atoms with Gasteiger partial charge in [0.15, 0.2) is 0 Å². The zero-order valence-corrected chi connectivity index (χ0v) is 10.8. The molecule has 1 atom stereocenters. The number of aliphatic carboxylic acids is 2. The van der Waals surface area contributed by atoms with E-state index in [1.807, 2.05) is 0 Å². The minimum absolute atomic E-state index is 0. The fourth-order valence-corrected chi connectivity index (χ4v) is 0.241. The summed E-state index contributed by atoms with van der Waals surface area (Å²) in [6.07, 6.45) is -2.89. The summed E-state index contributed by atoms with van der Waals surface area (Å²) >= 11 is 0. The Balaban J connectivity index is -0.0000000320. The van der Waals surface area contributed by atoms with Crippen LogP contribution in [0.25, 0.3) is 0 Å². The average molecular weight is 325 g/mol. The fourth-order valence-electron chi connectivity index (χ4n) is 0.241. The van der Waals surface area contributed by atoms with E-state index >= 15 is 0 Å². The first-order valence-corrected chi connectivity index (χ1v) is 2.13. The average Bonchev–Trinajstić information content (AvgIpc) is 1.63. The zero-order valence-electron chi connectivity index (χ0n) is 6.59. The van der Waals surface area contributed by atoms with Crippen LogP contribution in [-0.4, -0.2) is 58.3 Å². The summed E-state index contributed by atoms with van der Waals surface area (Å²) in [6, 6.07) is 0. The van der Waals surface area contributed by atoms with Crippen LogP contribution in [-0.2, 0) is 26.0 Å². The summed E-state index contributed by atoms with van der Waals surface area (Å²) < 4.78 is 0. The fraction of sp³-hybridized carbons (Fsp3) is 0.500. The molecule has 1 N–H and O–H groups in total. The van der Waals surface area contributed by atoms with Crippen LogP contribution >= 0.6 is 0 Å². The topological polar surface area (TPSA) is 186 Å². The van der Waals surface area contributed by atoms with Gasteiger partial charge in [-0.05, 0) is 0 Å². The molecule has 14 heavy (non-hydrogen) atoms. The number of hydrogen-bond donors (Lipinski definition) is 1. The summed E-state index contributed by atoms with van der Waals surface area (Å²) in [5.74, 6) is -3.43. The summed E-state index contributed by atoms with van der Waals surface area (Å²) in [5.41, 5.74) is 0. The smallest absolute Gasteiger partial charge is 2.00 e. The normalized spacial score (nSPS) is 8.07. The van der Waals surface area contributed by atoms with E-state index in [1.54, 1.807) is 0 Å². The van der Waals surface area contributed by atoms with Crippen LogP contribution in [0.2, 0.25) is 0 Å². The molecule has 10 heteroatoms. The van der Waals surface area contributed by atoms with Crippen molar-refractivity contribution in [1.29, 1.82) is 0 Å². The van der Waals surface area contributed by atoms with E-state index in [2.05, 4.69) is 0 Å². The van der Waals surface area contributed by atoms with Gasteiger partial charge in [0.2, 0.25) is 0 Å². The first-order valence-electron chi connectivity index (χ1n) is 2.13. The second kappa shape index (κ2) is 18.6. The molecule has 0 radical (unpaired) electrons. The molecule has 0 aromatic heterocycles. The minimum Gasteiger partial charge on any atom is -2.00 e. The van der Waals surface area contributed by atoms with Gasteiger partial charge in [0.25, 0.3) is 0 Å². The molecule has 0 rings (SSSR count). The van der Waals surface area contributed by atoms with Crippen LogP contribution in [0, 0.1) is 0 Å². The maximum atomic E-state index is 9.58. The van der Waals surface area contributed by atoms with Crippen molar-refractivity contribution in [2.75, 3.05) is 0 Å². The standard InChI is InChI=1S/C4H6O5.2Ge.3O/c5-2(4(8)9)1-3(6)7;;;;;/h2,5H,1H2,(H,6,7)(H,8,9);;;;;/q;2*+4;3*-2/p-2. The molecule has 0 aliphatic rings. The molecule has 0 amide bonds.